The van der Waals surface area contributed by atoms with Gasteiger partial charge in [-0.3, -0.25) is 0 Å². The van der Waals surface area contributed by atoms with Crippen LogP contribution in [0.3, 0.4) is 0 Å². The number of anilines is 1. The number of benzene rings is 1. The summed E-state index contributed by atoms with van der Waals surface area (Å²) in [6, 6.07) is 5.60. The molecule has 20 heavy (non-hydrogen) atoms. The van der Waals surface area contributed by atoms with Crippen molar-refractivity contribution in [1.29, 1.82) is 0 Å². The van der Waals surface area contributed by atoms with E-state index in [0.717, 1.165) is 11.3 Å². The highest BCUT2D eigenvalue weighted by Crippen LogP contribution is 2.25. The molecule has 0 fully saturated rings. The molecule has 0 aliphatic rings. The number of nitrogens with one attached hydrogen (secondary N) is 1. The van der Waals surface area contributed by atoms with Gasteiger partial charge in [0.15, 0.2) is 0 Å². The zero-order chi connectivity index (χ0) is 14.5. The van der Waals surface area contributed by atoms with Crippen LogP contribution < -0.4 is 10.2 Å². The minimum atomic E-state index is -0.189. The minimum absolute atomic E-state index is 0.189. The van der Waals surface area contributed by atoms with Crippen LogP contribution in [0, 0.1) is 5.82 Å². The van der Waals surface area contributed by atoms with Crippen molar-refractivity contribution in [2.45, 2.75) is 33.0 Å². The minimum Gasteiger partial charge on any atom is -0.366 e. The Morgan fingerprint density at radius 3 is 2.85 bits per heavy atom. The molecule has 2 aromatic rings. The fourth-order valence-electron chi connectivity index (χ4n) is 2.08. The molecule has 2 rings (SSSR count). The predicted octanol–water partition coefficient (Wildman–Crippen LogP) is 3.42. The summed E-state index contributed by atoms with van der Waals surface area (Å²) >= 11 is 1.56. The molecule has 0 spiro atoms. The summed E-state index contributed by atoms with van der Waals surface area (Å²) in [5, 5.41) is 5.33. The summed E-state index contributed by atoms with van der Waals surface area (Å²) in [6.07, 6.45) is 0. The molecule has 0 aliphatic heterocycles. The second-order valence-corrected chi connectivity index (χ2v) is 5.84. The van der Waals surface area contributed by atoms with Crippen molar-refractivity contribution in [3.8, 4) is 0 Å². The molecule has 1 heterocycles. The Kier molecular flexibility index (Phi) is 5.09. The van der Waals surface area contributed by atoms with Gasteiger partial charge in [0, 0.05) is 25.0 Å². The lowest BCUT2D eigenvalue weighted by Crippen LogP contribution is -2.25. The molecule has 0 radical (unpaired) electrons. The van der Waals surface area contributed by atoms with Gasteiger partial charge in [0.25, 0.3) is 0 Å². The van der Waals surface area contributed by atoms with Crippen LogP contribution in [-0.2, 0) is 13.1 Å². The first-order valence-electron chi connectivity index (χ1n) is 6.67. The average Bonchev–Trinajstić information content (AvgIpc) is 2.88. The Hall–Kier alpha value is -1.46. The summed E-state index contributed by atoms with van der Waals surface area (Å²) < 4.78 is 14.2. The Labute approximate surface area is 123 Å². The smallest absolute Gasteiger partial charge is 0.146 e. The number of rotatable bonds is 6. The normalized spacial score (nSPS) is 11.1. The van der Waals surface area contributed by atoms with Gasteiger partial charge in [-0.25, -0.2) is 9.37 Å². The standard InChI is InChI=1S/C15H20FN3S/c1-11(2)17-7-12-5-4-6-14(16)15(12)19(3)8-13-9-20-10-18-13/h4-6,9-11,17H,7-8H2,1-3H3. The molecule has 0 atom stereocenters. The molecule has 5 heteroatoms. The fraction of sp³-hybridized carbons (Fsp3) is 0.400. The van der Waals surface area contributed by atoms with Crippen molar-refractivity contribution in [1.82, 2.24) is 10.3 Å². The van der Waals surface area contributed by atoms with Crippen LogP contribution >= 0.6 is 11.3 Å². The molecule has 108 valence electrons. The highest BCUT2D eigenvalue weighted by Gasteiger charge is 2.14. The van der Waals surface area contributed by atoms with Crippen molar-refractivity contribution >= 4 is 17.0 Å². The number of para-hydroxylation sites is 1. The first-order valence-corrected chi connectivity index (χ1v) is 7.61. The second-order valence-electron chi connectivity index (χ2n) is 5.12. The first kappa shape index (κ1) is 14.9. The van der Waals surface area contributed by atoms with Crippen LogP contribution in [0.15, 0.2) is 29.1 Å². The Bertz CT molecular complexity index is 540. The van der Waals surface area contributed by atoms with Crippen LogP contribution in [0.4, 0.5) is 10.1 Å². The van der Waals surface area contributed by atoms with Gasteiger partial charge >= 0.3 is 0 Å². The van der Waals surface area contributed by atoms with Crippen molar-refractivity contribution < 1.29 is 4.39 Å². The number of aromatic nitrogens is 1. The van der Waals surface area contributed by atoms with E-state index in [2.05, 4.69) is 24.1 Å². The molecule has 0 saturated heterocycles. The molecule has 0 saturated carbocycles. The SMILES string of the molecule is CC(C)NCc1cccc(F)c1N(C)Cc1cscn1. The molecule has 0 bridgehead atoms. The van der Waals surface area contributed by atoms with Gasteiger partial charge in [0.1, 0.15) is 5.82 Å². The van der Waals surface area contributed by atoms with E-state index in [9.17, 15) is 4.39 Å². The van der Waals surface area contributed by atoms with Gasteiger partial charge < -0.3 is 10.2 Å². The molecule has 0 unspecified atom stereocenters. The molecule has 0 amide bonds. The van der Waals surface area contributed by atoms with Crippen molar-refractivity contribution in [2.75, 3.05) is 11.9 Å². The number of hydrogen-bond donors (Lipinski definition) is 1. The predicted molar refractivity (Wildman–Crippen MR) is 82.6 cm³/mol. The Morgan fingerprint density at radius 1 is 1.40 bits per heavy atom. The van der Waals surface area contributed by atoms with E-state index >= 15 is 0 Å². The maximum Gasteiger partial charge on any atom is 0.146 e. The summed E-state index contributed by atoms with van der Waals surface area (Å²) in [7, 11) is 1.90. The molecule has 1 aromatic carbocycles. The van der Waals surface area contributed by atoms with Gasteiger partial charge in [-0.1, -0.05) is 26.0 Å². The van der Waals surface area contributed by atoms with Crippen LogP contribution in [-0.4, -0.2) is 18.1 Å². The Morgan fingerprint density at radius 2 is 2.20 bits per heavy atom. The summed E-state index contributed by atoms with van der Waals surface area (Å²) in [5.74, 6) is -0.189. The quantitative estimate of drug-likeness (QED) is 0.884. The van der Waals surface area contributed by atoms with Gasteiger partial charge in [-0.15, -0.1) is 11.3 Å². The van der Waals surface area contributed by atoms with E-state index < -0.39 is 0 Å². The maximum absolute atomic E-state index is 14.2. The summed E-state index contributed by atoms with van der Waals surface area (Å²) in [4.78, 5) is 6.17. The van der Waals surface area contributed by atoms with Gasteiger partial charge in [-0.05, 0) is 11.6 Å². The average molecular weight is 293 g/mol. The van der Waals surface area contributed by atoms with E-state index in [0.29, 0.717) is 24.8 Å². The van der Waals surface area contributed by atoms with Crippen molar-refractivity contribution in [2.24, 2.45) is 0 Å². The number of hydrogen-bond acceptors (Lipinski definition) is 4. The lowest BCUT2D eigenvalue weighted by molar-refractivity contribution is 0.579. The molecular formula is C15H20FN3S. The van der Waals surface area contributed by atoms with E-state index in [1.807, 2.05) is 23.4 Å². The van der Waals surface area contributed by atoms with Crippen LogP contribution in [0.2, 0.25) is 0 Å². The zero-order valence-corrected chi connectivity index (χ0v) is 12.9. The first-order chi connectivity index (χ1) is 9.58. The van der Waals surface area contributed by atoms with Gasteiger partial charge in [0.05, 0.1) is 23.4 Å². The molecule has 1 aromatic heterocycles. The monoisotopic (exact) mass is 293 g/mol. The van der Waals surface area contributed by atoms with E-state index in [4.69, 9.17) is 0 Å². The molecule has 3 nitrogen and oxygen atoms in total. The number of halogens is 1. The molecule has 1 N–H and O–H groups in total. The maximum atomic E-state index is 14.2. The lowest BCUT2D eigenvalue weighted by atomic mass is 10.1. The van der Waals surface area contributed by atoms with Gasteiger partial charge in [0.2, 0.25) is 0 Å². The zero-order valence-electron chi connectivity index (χ0n) is 12.1. The van der Waals surface area contributed by atoms with Crippen LogP contribution in [0.5, 0.6) is 0 Å². The van der Waals surface area contributed by atoms with E-state index in [1.54, 1.807) is 22.9 Å². The third-order valence-electron chi connectivity index (χ3n) is 3.04. The largest absolute Gasteiger partial charge is 0.366 e. The second kappa shape index (κ2) is 6.81. The van der Waals surface area contributed by atoms with Crippen molar-refractivity contribution in [3.63, 3.8) is 0 Å². The van der Waals surface area contributed by atoms with Gasteiger partial charge in [-0.2, -0.15) is 0 Å². The lowest BCUT2D eigenvalue weighted by Gasteiger charge is -2.23. The summed E-state index contributed by atoms with van der Waals surface area (Å²) in [6.45, 7) is 5.43. The molecular weight excluding hydrogens is 273 g/mol. The number of thiazole rings is 1. The third-order valence-corrected chi connectivity index (χ3v) is 3.67. The number of nitrogens with zero attached hydrogens (tertiary/aromatic N) is 2. The summed E-state index contributed by atoms with van der Waals surface area (Å²) in [5.41, 5.74) is 4.37. The third kappa shape index (κ3) is 3.77. The molecule has 0 aliphatic carbocycles. The van der Waals surface area contributed by atoms with E-state index in [1.165, 1.54) is 6.07 Å². The van der Waals surface area contributed by atoms with Crippen LogP contribution in [0.25, 0.3) is 0 Å². The highest BCUT2D eigenvalue weighted by molar-refractivity contribution is 7.07. The topological polar surface area (TPSA) is 28.2 Å². The fourth-order valence-corrected chi connectivity index (χ4v) is 2.63. The van der Waals surface area contributed by atoms with Crippen molar-refractivity contribution in [3.05, 3.63) is 46.2 Å². The Balaban J connectivity index is 2.19. The van der Waals surface area contributed by atoms with Crippen LogP contribution in [0.1, 0.15) is 25.1 Å². The highest BCUT2D eigenvalue weighted by atomic mass is 32.1. The van der Waals surface area contributed by atoms with E-state index in [-0.39, 0.29) is 5.82 Å².